The summed E-state index contributed by atoms with van der Waals surface area (Å²) in [4.78, 5) is 11.6. The number of rotatable bonds is 1. The van der Waals surface area contributed by atoms with Crippen molar-refractivity contribution in [2.24, 2.45) is 5.16 Å². The zero-order valence-electron chi connectivity index (χ0n) is 5.03. The molecular weight excluding hydrogens is 139 g/mol. The van der Waals surface area contributed by atoms with Gasteiger partial charge in [0.1, 0.15) is 5.16 Å². The van der Waals surface area contributed by atoms with Crippen molar-refractivity contribution in [3.05, 3.63) is 10.1 Å². The molecule has 0 bridgehead atoms. The van der Waals surface area contributed by atoms with E-state index in [9.17, 15) is 10.1 Å². The molecule has 0 aromatic rings. The van der Waals surface area contributed by atoms with E-state index in [0.717, 1.165) is 6.92 Å². The van der Waals surface area contributed by atoms with Crippen LogP contribution in [0.2, 0.25) is 0 Å². The summed E-state index contributed by atoms with van der Waals surface area (Å²) in [6.07, 6.45) is 0. The molecule has 0 fully saturated rings. The zero-order valence-corrected chi connectivity index (χ0v) is 7.03. The Labute approximate surface area is 72.9 Å². The van der Waals surface area contributed by atoms with E-state index >= 15 is 0 Å². The van der Waals surface area contributed by atoms with Crippen LogP contribution in [0.15, 0.2) is 5.16 Å². The van der Waals surface area contributed by atoms with Gasteiger partial charge in [0.05, 0.1) is 6.92 Å². The Bertz CT molecular complexity index is 124. The van der Waals surface area contributed by atoms with Crippen molar-refractivity contribution in [3.63, 3.8) is 0 Å². The monoisotopic (exact) mass is 142 g/mol. The maximum atomic E-state index is 9.55. The Morgan fingerprint density at radius 2 is 2.22 bits per heavy atom. The smallest absolute Gasteiger partial charge is 0.614 e. The van der Waals surface area contributed by atoms with Gasteiger partial charge in [-0.25, -0.2) is 0 Å². The third kappa shape index (κ3) is 5.71. The SMILES string of the molecule is C/C(=N/O[O-])[N+](=O)[O-].[Na+]. The third-order valence-corrected chi connectivity index (χ3v) is 0.434. The van der Waals surface area contributed by atoms with Crippen molar-refractivity contribution in [2.75, 3.05) is 0 Å². The van der Waals surface area contributed by atoms with Crippen LogP contribution in [0.3, 0.4) is 0 Å². The van der Waals surface area contributed by atoms with E-state index in [2.05, 4.69) is 10.1 Å². The predicted molar refractivity (Wildman–Crippen MR) is 21.2 cm³/mol. The summed E-state index contributed by atoms with van der Waals surface area (Å²) in [6.45, 7) is 1.05. The first-order chi connectivity index (χ1) is 3.68. The van der Waals surface area contributed by atoms with Crippen LogP contribution >= 0.6 is 0 Å². The Morgan fingerprint density at radius 1 is 1.78 bits per heavy atom. The maximum Gasteiger partial charge on any atom is 1.00 e. The Balaban J connectivity index is 0. The predicted octanol–water partition coefficient (Wildman–Crippen LogP) is -4.11. The quantitative estimate of drug-likeness (QED) is 0.0929. The minimum atomic E-state index is -0.822. The molecule has 0 aliphatic rings. The fourth-order valence-electron chi connectivity index (χ4n) is 0.0873. The van der Waals surface area contributed by atoms with Gasteiger partial charge in [-0.05, 0) is 4.92 Å². The average molecular weight is 142 g/mol. The van der Waals surface area contributed by atoms with Gasteiger partial charge in [-0.2, -0.15) is 0 Å². The average Bonchev–Trinajstić information content (AvgIpc) is 1.67. The van der Waals surface area contributed by atoms with E-state index in [1.165, 1.54) is 0 Å². The van der Waals surface area contributed by atoms with Gasteiger partial charge in [0, 0.05) is 0 Å². The molecule has 0 saturated carbocycles. The third-order valence-electron chi connectivity index (χ3n) is 0.434. The fourth-order valence-corrected chi connectivity index (χ4v) is 0.0873. The summed E-state index contributed by atoms with van der Waals surface area (Å²) >= 11 is 0. The number of hydrogen-bond donors (Lipinski definition) is 0. The number of hydrogen-bond acceptors (Lipinski definition) is 5. The molecule has 0 saturated heterocycles. The van der Waals surface area contributed by atoms with E-state index < -0.39 is 10.8 Å². The van der Waals surface area contributed by atoms with Crippen LogP contribution in [0.25, 0.3) is 0 Å². The van der Waals surface area contributed by atoms with Crippen molar-refractivity contribution in [2.45, 2.75) is 6.92 Å². The second kappa shape index (κ2) is 5.96. The van der Waals surface area contributed by atoms with Gasteiger partial charge in [0.25, 0.3) is 0 Å². The van der Waals surface area contributed by atoms with Gasteiger partial charge in [-0.3, -0.25) is 0 Å². The number of nitrogens with zero attached hydrogens (tertiary/aromatic N) is 2. The molecule has 0 amide bonds. The molecule has 46 valence electrons. The molecule has 6 nitrogen and oxygen atoms in total. The minimum Gasteiger partial charge on any atom is -0.614 e. The van der Waals surface area contributed by atoms with Crippen LogP contribution in [0, 0.1) is 10.1 Å². The normalized spacial score (nSPS) is 9.78. The van der Waals surface area contributed by atoms with Crippen molar-refractivity contribution in [1.82, 2.24) is 0 Å². The van der Waals surface area contributed by atoms with E-state index in [1.54, 1.807) is 0 Å². The van der Waals surface area contributed by atoms with Crippen molar-refractivity contribution in [3.8, 4) is 0 Å². The molecule has 7 heteroatoms. The Morgan fingerprint density at radius 3 is 2.33 bits per heavy atom. The molecule has 0 rings (SSSR count). The summed E-state index contributed by atoms with van der Waals surface area (Å²) in [5.74, 6) is -0.556. The molecule has 0 aliphatic heterocycles. The molecule has 0 radical (unpaired) electrons. The molecular formula is C2H3N2NaO4. The molecule has 0 aromatic heterocycles. The van der Waals surface area contributed by atoms with Crippen LogP contribution in [-0.2, 0) is 4.99 Å². The second-order valence-corrected chi connectivity index (χ2v) is 0.970. The number of amidine groups is 1. The van der Waals surface area contributed by atoms with Crippen LogP contribution < -0.4 is 34.8 Å². The first-order valence-corrected chi connectivity index (χ1v) is 1.66. The Hall–Kier alpha value is -0.170. The summed E-state index contributed by atoms with van der Waals surface area (Å²) in [5.41, 5.74) is 0. The fraction of sp³-hybridized carbons (Fsp3) is 0.500. The van der Waals surface area contributed by atoms with Crippen LogP contribution in [0.4, 0.5) is 0 Å². The molecule has 9 heavy (non-hydrogen) atoms. The standard InChI is InChI=1S/C2H4N2O4.Na/c1-2(3-8-7)4(5)6;/h7H,1H3;/q;+1/p-1/b3-2-;. The molecule has 0 aliphatic carbocycles. The first kappa shape index (κ1) is 11.6. The van der Waals surface area contributed by atoms with Crippen molar-refractivity contribution >= 4 is 5.84 Å². The largest absolute Gasteiger partial charge is 1.00 e. The maximum absolute atomic E-state index is 9.55. The molecule has 0 spiro atoms. The van der Waals surface area contributed by atoms with Crippen molar-refractivity contribution < 1.29 is 44.7 Å². The topological polar surface area (TPSA) is 87.8 Å². The van der Waals surface area contributed by atoms with Gasteiger partial charge in [-0.1, -0.05) is 0 Å². The number of oxime groups is 1. The van der Waals surface area contributed by atoms with Crippen LogP contribution in [0.1, 0.15) is 6.92 Å². The van der Waals surface area contributed by atoms with E-state index in [4.69, 9.17) is 5.26 Å². The van der Waals surface area contributed by atoms with Gasteiger partial charge in [0.2, 0.25) is 0 Å². The molecule has 0 heterocycles. The molecule has 0 atom stereocenters. The Kier molecular flexibility index (Phi) is 7.68. The summed E-state index contributed by atoms with van der Waals surface area (Å²) in [6, 6.07) is 0. The second-order valence-electron chi connectivity index (χ2n) is 0.970. The molecule has 0 unspecified atom stereocenters. The van der Waals surface area contributed by atoms with Gasteiger partial charge in [0.15, 0.2) is 0 Å². The van der Waals surface area contributed by atoms with E-state index in [-0.39, 0.29) is 29.6 Å². The minimum absolute atomic E-state index is 0. The number of nitro groups is 1. The molecule has 0 aromatic carbocycles. The van der Waals surface area contributed by atoms with Gasteiger partial charge in [-0.15, -0.1) is 0 Å². The summed E-state index contributed by atoms with van der Waals surface area (Å²) in [5, 5.41) is 21.1. The van der Waals surface area contributed by atoms with E-state index in [0.29, 0.717) is 0 Å². The molecule has 0 N–H and O–H groups in total. The van der Waals surface area contributed by atoms with Crippen LogP contribution in [0.5, 0.6) is 0 Å². The zero-order chi connectivity index (χ0) is 6.57. The summed E-state index contributed by atoms with van der Waals surface area (Å²) < 4.78 is 0. The first-order valence-electron chi connectivity index (χ1n) is 1.66. The van der Waals surface area contributed by atoms with Crippen LogP contribution in [-0.4, -0.2) is 10.8 Å². The van der Waals surface area contributed by atoms with Gasteiger partial charge >= 0.3 is 35.4 Å². The summed E-state index contributed by atoms with van der Waals surface area (Å²) in [7, 11) is 0. The van der Waals surface area contributed by atoms with Crippen molar-refractivity contribution in [1.29, 1.82) is 0 Å². The van der Waals surface area contributed by atoms with Gasteiger partial charge < -0.3 is 20.4 Å². The van der Waals surface area contributed by atoms with E-state index in [1.807, 2.05) is 0 Å².